The Labute approximate surface area is 88.6 Å². The Kier molecular flexibility index (Phi) is 3.39. The Morgan fingerprint density at radius 3 is 2.07 bits per heavy atom. The van der Waals surface area contributed by atoms with Gasteiger partial charge in [0.05, 0.1) is 0 Å². The summed E-state index contributed by atoms with van der Waals surface area (Å²) in [5.74, 6) is -0.414. The van der Waals surface area contributed by atoms with Crippen LogP contribution in [-0.4, -0.2) is 11.7 Å². The first-order chi connectivity index (χ1) is 7.00. The van der Waals surface area contributed by atoms with Gasteiger partial charge in [-0.15, -0.1) is 0 Å². The smallest absolute Gasteiger partial charge is 0.244 e. The second-order valence-corrected chi connectivity index (χ2v) is 3.37. The largest absolute Gasteiger partial charge is 0.366 e. The Bertz CT molecular complexity index is 416. The first-order valence-electron chi connectivity index (χ1n) is 4.60. The molecule has 1 aromatic carbocycles. The summed E-state index contributed by atoms with van der Waals surface area (Å²) in [6.45, 7) is 3.17. The van der Waals surface area contributed by atoms with Gasteiger partial charge in [0.1, 0.15) is 0 Å². The Morgan fingerprint density at radius 1 is 1.13 bits per heavy atom. The molecule has 0 fully saturated rings. The molecule has 15 heavy (non-hydrogen) atoms. The summed E-state index contributed by atoms with van der Waals surface area (Å²) in [6, 6.07) is 7.01. The number of benzene rings is 1. The van der Waals surface area contributed by atoms with Crippen LogP contribution < -0.4 is 5.73 Å². The molecule has 0 saturated carbocycles. The molecular formula is C12H13NO2. The van der Waals surface area contributed by atoms with E-state index < -0.39 is 5.91 Å². The van der Waals surface area contributed by atoms with Crippen molar-refractivity contribution in [1.29, 1.82) is 0 Å². The molecule has 0 spiro atoms. The fourth-order valence-electron chi connectivity index (χ4n) is 1.14. The highest BCUT2D eigenvalue weighted by molar-refractivity contribution is 5.96. The van der Waals surface area contributed by atoms with E-state index in [2.05, 4.69) is 0 Å². The summed E-state index contributed by atoms with van der Waals surface area (Å²) in [4.78, 5) is 21.8. The quantitative estimate of drug-likeness (QED) is 0.601. The zero-order valence-corrected chi connectivity index (χ0v) is 8.78. The molecule has 0 unspecified atom stereocenters. The lowest BCUT2D eigenvalue weighted by atomic mass is 10.1. The van der Waals surface area contributed by atoms with Crippen LogP contribution in [0.2, 0.25) is 0 Å². The van der Waals surface area contributed by atoms with Gasteiger partial charge in [-0.05, 0) is 25.5 Å². The molecule has 0 atom stereocenters. The molecule has 3 nitrogen and oxygen atoms in total. The lowest BCUT2D eigenvalue weighted by Crippen LogP contribution is -2.11. The predicted octanol–water partition coefficient (Wildman–Crippen LogP) is 1.78. The lowest BCUT2D eigenvalue weighted by Gasteiger charge is -1.98. The molecular weight excluding hydrogens is 190 g/mol. The molecule has 1 aromatic rings. The van der Waals surface area contributed by atoms with E-state index in [0.717, 1.165) is 5.56 Å². The van der Waals surface area contributed by atoms with Crippen molar-refractivity contribution in [2.75, 3.05) is 0 Å². The normalized spacial score (nSPS) is 11.2. The molecule has 3 heteroatoms. The number of primary amides is 1. The minimum Gasteiger partial charge on any atom is -0.366 e. The SMILES string of the molecule is CC(=O)c1ccc(C=C(C)C(N)=O)cc1. The zero-order chi connectivity index (χ0) is 11.4. The molecule has 0 saturated heterocycles. The van der Waals surface area contributed by atoms with Crippen LogP contribution in [0.25, 0.3) is 6.08 Å². The Morgan fingerprint density at radius 2 is 1.67 bits per heavy atom. The maximum Gasteiger partial charge on any atom is 0.244 e. The van der Waals surface area contributed by atoms with Crippen LogP contribution in [0.4, 0.5) is 0 Å². The van der Waals surface area contributed by atoms with E-state index >= 15 is 0 Å². The van der Waals surface area contributed by atoms with Crippen LogP contribution in [-0.2, 0) is 4.79 Å². The van der Waals surface area contributed by atoms with Crippen LogP contribution in [0.15, 0.2) is 29.8 Å². The van der Waals surface area contributed by atoms with Gasteiger partial charge in [0.25, 0.3) is 0 Å². The van der Waals surface area contributed by atoms with Gasteiger partial charge >= 0.3 is 0 Å². The van der Waals surface area contributed by atoms with Gasteiger partial charge in [0.15, 0.2) is 5.78 Å². The van der Waals surface area contributed by atoms with E-state index in [4.69, 9.17) is 5.73 Å². The van der Waals surface area contributed by atoms with Crippen LogP contribution in [0.5, 0.6) is 0 Å². The monoisotopic (exact) mass is 203 g/mol. The van der Waals surface area contributed by atoms with Gasteiger partial charge in [-0.1, -0.05) is 24.3 Å². The van der Waals surface area contributed by atoms with E-state index in [9.17, 15) is 9.59 Å². The summed E-state index contributed by atoms with van der Waals surface area (Å²) in [5.41, 5.74) is 7.11. The first-order valence-corrected chi connectivity index (χ1v) is 4.60. The summed E-state index contributed by atoms with van der Waals surface area (Å²) in [7, 11) is 0. The number of carbonyl (C=O) groups is 2. The van der Waals surface area contributed by atoms with Crippen molar-refractivity contribution >= 4 is 17.8 Å². The molecule has 1 rings (SSSR count). The maximum atomic E-state index is 11.0. The summed E-state index contributed by atoms with van der Waals surface area (Å²) >= 11 is 0. The van der Waals surface area contributed by atoms with Crippen LogP contribution in [0, 0.1) is 0 Å². The van der Waals surface area contributed by atoms with E-state index in [1.165, 1.54) is 6.92 Å². The van der Waals surface area contributed by atoms with Gasteiger partial charge < -0.3 is 5.73 Å². The number of ketones is 1. The first kappa shape index (κ1) is 11.2. The zero-order valence-electron chi connectivity index (χ0n) is 8.78. The fraction of sp³-hybridized carbons (Fsp3) is 0.167. The predicted molar refractivity (Wildman–Crippen MR) is 59.3 cm³/mol. The third-order valence-electron chi connectivity index (χ3n) is 2.09. The van der Waals surface area contributed by atoms with Crippen molar-refractivity contribution in [3.63, 3.8) is 0 Å². The van der Waals surface area contributed by atoms with Crippen molar-refractivity contribution in [2.24, 2.45) is 5.73 Å². The second-order valence-electron chi connectivity index (χ2n) is 3.37. The molecule has 0 bridgehead atoms. The van der Waals surface area contributed by atoms with E-state index in [1.807, 2.05) is 0 Å². The Balaban J connectivity index is 2.95. The van der Waals surface area contributed by atoms with E-state index in [1.54, 1.807) is 37.3 Å². The topological polar surface area (TPSA) is 60.2 Å². The number of Topliss-reactive ketones (excluding diaryl/α,β-unsaturated/α-hetero) is 1. The fourth-order valence-corrected chi connectivity index (χ4v) is 1.14. The molecule has 0 aliphatic carbocycles. The molecule has 2 N–H and O–H groups in total. The molecule has 0 aliphatic heterocycles. The van der Waals surface area contributed by atoms with Crippen molar-refractivity contribution in [2.45, 2.75) is 13.8 Å². The van der Waals surface area contributed by atoms with Crippen molar-refractivity contribution in [1.82, 2.24) is 0 Å². The minimum atomic E-state index is -0.439. The molecule has 1 amide bonds. The van der Waals surface area contributed by atoms with Crippen LogP contribution in [0.1, 0.15) is 29.8 Å². The standard InChI is InChI=1S/C12H13NO2/c1-8(12(13)15)7-10-3-5-11(6-4-10)9(2)14/h3-7H,1-2H3,(H2,13,15). The number of hydrogen-bond acceptors (Lipinski definition) is 2. The van der Waals surface area contributed by atoms with Crippen molar-refractivity contribution in [3.8, 4) is 0 Å². The average molecular weight is 203 g/mol. The average Bonchev–Trinajstić information content (AvgIpc) is 2.18. The number of hydrogen-bond donors (Lipinski definition) is 1. The summed E-state index contributed by atoms with van der Waals surface area (Å²) in [6.07, 6.45) is 1.69. The highest BCUT2D eigenvalue weighted by Crippen LogP contribution is 2.09. The lowest BCUT2D eigenvalue weighted by molar-refractivity contribution is -0.114. The van der Waals surface area contributed by atoms with Gasteiger partial charge in [-0.25, -0.2) is 0 Å². The maximum absolute atomic E-state index is 11.0. The van der Waals surface area contributed by atoms with E-state index in [0.29, 0.717) is 11.1 Å². The highest BCUT2D eigenvalue weighted by atomic mass is 16.1. The summed E-state index contributed by atoms with van der Waals surface area (Å²) in [5, 5.41) is 0. The number of rotatable bonds is 3. The van der Waals surface area contributed by atoms with Crippen molar-refractivity contribution in [3.05, 3.63) is 41.0 Å². The van der Waals surface area contributed by atoms with Crippen LogP contribution in [0.3, 0.4) is 0 Å². The third kappa shape index (κ3) is 3.06. The number of nitrogens with two attached hydrogens (primary N) is 1. The van der Waals surface area contributed by atoms with Crippen molar-refractivity contribution < 1.29 is 9.59 Å². The number of carbonyl (C=O) groups excluding carboxylic acids is 2. The number of amides is 1. The highest BCUT2D eigenvalue weighted by Gasteiger charge is 1.99. The van der Waals surface area contributed by atoms with Crippen LogP contribution >= 0.6 is 0 Å². The van der Waals surface area contributed by atoms with E-state index in [-0.39, 0.29) is 5.78 Å². The molecule has 78 valence electrons. The third-order valence-corrected chi connectivity index (χ3v) is 2.09. The molecule has 0 aromatic heterocycles. The van der Waals surface area contributed by atoms with Gasteiger partial charge in [-0.3, -0.25) is 9.59 Å². The Hall–Kier alpha value is -1.90. The molecule has 0 heterocycles. The minimum absolute atomic E-state index is 0.0251. The molecule has 0 aliphatic rings. The summed E-state index contributed by atoms with van der Waals surface area (Å²) < 4.78 is 0. The van der Waals surface area contributed by atoms with Gasteiger partial charge in [0.2, 0.25) is 5.91 Å². The second kappa shape index (κ2) is 4.55. The molecule has 0 radical (unpaired) electrons. The van der Waals surface area contributed by atoms with Gasteiger partial charge in [0, 0.05) is 11.1 Å². The van der Waals surface area contributed by atoms with Gasteiger partial charge in [-0.2, -0.15) is 0 Å².